The molecule has 150 valence electrons. The highest BCUT2D eigenvalue weighted by molar-refractivity contribution is 6.35. The summed E-state index contributed by atoms with van der Waals surface area (Å²) in [4.78, 5) is 8.70. The Hall–Kier alpha value is -2.41. The van der Waals surface area contributed by atoms with E-state index in [1.807, 2.05) is 40.7 Å². The van der Waals surface area contributed by atoms with Crippen LogP contribution in [-0.2, 0) is 24.4 Å². The molecule has 3 heterocycles. The molecule has 0 fully saturated rings. The van der Waals surface area contributed by atoms with E-state index < -0.39 is 0 Å². The zero-order valence-electron chi connectivity index (χ0n) is 16.2. The Morgan fingerprint density at radius 1 is 1.21 bits per heavy atom. The van der Waals surface area contributed by atoms with Crippen LogP contribution in [0.25, 0.3) is 11.0 Å². The van der Waals surface area contributed by atoms with Gasteiger partial charge in [-0.05, 0) is 37.6 Å². The summed E-state index contributed by atoms with van der Waals surface area (Å²) in [5.41, 5.74) is 3.72. The molecule has 0 saturated carbocycles. The van der Waals surface area contributed by atoms with E-state index in [9.17, 15) is 0 Å². The summed E-state index contributed by atoms with van der Waals surface area (Å²) in [7, 11) is 0. The van der Waals surface area contributed by atoms with Crippen LogP contribution in [0.3, 0.4) is 0 Å². The van der Waals surface area contributed by atoms with Gasteiger partial charge in [0.15, 0.2) is 5.65 Å². The van der Waals surface area contributed by atoms with Crippen LogP contribution >= 0.6 is 23.2 Å². The zero-order chi connectivity index (χ0) is 20.4. The third kappa shape index (κ3) is 4.29. The highest BCUT2D eigenvalue weighted by Gasteiger charge is 2.18. The van der Waals surface area contributed by atoms with Crippen LogP contribution in [0.2, 0.25) is 10.0 Å². The molecular formula is C21H21Cl2N5O. The van der Waals surface area contributed by atoms with Gasteiger partial charge >= 0.3 is 0 Å². The van der Waals surface area contributed by atoms with E-state index >= 15 is 0 Å². The van der Waals surface area contributed by atoms with Crippen LogP contribution in [0.5, 0.6) is 0 Å². The molecule has 1 unspecified atom stereocenters. The van der Waals surface area contributed by atoms with Crippen LogP contribution in [-0.4, -0.2) is 24.3 Å². The van der Waals surface area contributed by atoms with Crippen LogP contribution in [0, 0.1) is 6.92 Å². The quantitative estimate of drug-likeness (QED) is 0.403. The molecule has 0 spiro atoms. The molecule has 0 aliphatic carbocycles. The average molecular weight is 430 g/mol. The maximum atomic E-state index is 6.45. The lowest BCUT2D eigenvalue weighted by molar-refractivity contribution is 0.0279. The zero-order valence-corrected chi connectivity index (χ0v) is 17.7. The van der Waals surface area contributed by atoms with E-state index in [1.165, 1.54) is 0 Å². The molecule has 0 amide bonds. The first kappa shape index (κ1) is 19.9. The number of hydrogen-bond acceptors (Lipinski definition) is 4. The van der Waals surface area contributed by atoms with E-state index in [4.69, 9.17) is 27.9 Å². The van der Waals surface area contributed by atoms with Crippen molar-refractivity contribution in [1.29, 1.82) is 0 Å². The second-order valence-corrected chi connectivity index (χ2v) is 7.68. The number of pyridine rings is 1. The number of ether oxygens (including phenoxy) is 1. The molecule has 4 rings (SSSR count). The topological polar surface area (TPSA) is 57.8 Å². The van der Waals surface area contributed by atoms with Crippen molar-refractivity contribution in [2.45, 2.75) is 39.6 Å². The average Bonchev–Trinajstić information content (AvgIpc) is 3.33. The molecular weight excluding hydrogens is 409 g/mol. The van der Waals surface area contributed by atoms with Crippen LogP contribution in [0.15, 0.2) is 49.2 Å². The van der Waals surface area contributed by atoms with Gasteiger partial charge in [-0.15, -0.1) is 0 Å². The minimum Gasteiger partial charge on any atom is -0.367 e. The van der Waals surface area contributed by atoms with E-state index in [0.717, 1.165) is 34.4 Å². The summed E-state index contributed by atoms with van der Waals surface area (Å²) in [6.07, 6.45) is 6.98. The monoisotopic (exact) mass is 429 g/mol. The van der Waals surface area contributed by atoms with Gasteiger partial charge in [-0.1, -0.05) is 29.3 Å². The Morgan fingerprint density at radius 3 is 2.79 bits per heavy atom. The molecule has 0 aliphatic heterocycles. The van der Waals surface area contributed by atoms with Gasteiger partial charge in [0.1, 0.15) is 6.10 Å². The molecule has 1 atom stereocenters. The normalized spacial score (nSPS) is 12.6. The largest absolute Gasteiger partial charge is 0.367 e. The third-order valence-electron chi connectivity index (χ3n) is 4.82. The van der Waals surface area contributed by atoms with Gasteiger partial charge in [-0.2, -0.15) is 5.10 Å². The maximum Gasteiger partial charge on any atom is 0.157 e. The highest BCUT2D eigenvalue weighted by Crippen LogP contribution is 2.30. The van der Waals surface area contributed by atoms with Crippen molar-refractivity contribution in [1.82, 2.24) is 24.3 Å². The van der Waals surface area contributed by atoms with Crippen LogP contribution < -0.4 is 0 Å². The summed E-state index contributed by atoms with van der Waals surface area (Å²) in [6, 6.07) is 7.56. The minimum absolute atomic E-state index is 0.260. The van der Waals surface area contributed by atoms with Crippen molar-refractivity contribution in [3.63, 3.8) is 0 Å². The molecule has 4 aromatic rings. The third-order valence-corrected chi connectivity index (χ3v) is 5.39. The first-order valence-corrected chi connectivity index (χ1v) is 10.1. The summed E-state index contributed by atoms with van der Waals surface area (Å²) in [5.74, 6) is 0. The molecule has 6 nitrogen and oxygen atoms in total. The number of imidazole rings is 1. The standard InChI is InChI=1S/C21H21Cl2N5O/c1-3-28-21-18(14(2)26-28)8-15(10-25-21)12-29-20(11-27-7-6-24-13-27)17-5-4-16(22)9-19(17)23/h4-10,13,20H,3,11-12H2,1-2H3. The number of aryl methyl sites for hydroxylation is 2. The fraction of sp³-hybridized carbons (Fsp3) is 0.286. The number of benzene rings is 1. The van der Waals surface area contributed by atoms with Gasteiger partial charge in [-0.3, -0.25) is 0 Å². The van der Waals surface area contributed by atoms with E-state index in [2.05, 4.69) is 28.1 Å². The second kappa shape index (κ2) is 8.53. The van der Waals surface area contributed by atoms with Crippen molar-refractivity contribution in [3.8, 4) is 0 Å². The lowest BCUT2D eigenvalue weighted by Gasteiger charge is -2.20. The summed E-state index contributed by atoms with van der Waals surface area (Å²) < 4.78 is 10.2. The van der Waals surface area contributed by atoms with Crippen molar-refractivity contribution in [2.24, 2.45) is 0 Å². The molecule has 0 saturated heterocycles. The predicted octanol–water partition coefficient (Wildman–Crippen LogP) is 5.22. The van der Waals surface area contributed by atoms with Crippen LogP contribution in [0.1, 0.15) is 29.8 Å². The first-order valence-electron chi connectivity index (χ1n) is 9.39. The molecule has 0 bridgehead atoms. The van der Waals surface area contributed by atoms with Gasteiger partial charge in [0.2, 0.25) is 0 Å². The number of halogens is 2. The van der Waals surface area contributed by atoms with Gasteiger partial charge < -0.3 is 9.30 Å². The molecule has 0 N–H and O–H groups in total. The smallest absolute Gasteiger partial charge is 0.157 e. The number of hydrogen-bond donors (Lipinski definition) is 0. The first-order chi connectivity index (χ1) is 14.0. The summed E-state index contributed by atoms with van der Waals surface area (Å²) >= 11 is 12.5. The molecule has 3 aromatic heterocycles. The Balaban J connectivity index is 1.59. The van der Waals surface area contributed by atoms with E-state index in [-0.39, 0.29) is 6.10 Å². The molecule has 0 radical (unpaired) electrons. The Morgan fingerprint density at radius 2 is 2.07 bits per heavy atom. The van der Waals surface area contributed by atoms with Crippen molar-refractivity contribution >= 4 is 34.2 Å². The number of fused-ring (bicyclic) bond motifs is 1. The fourth-order valence-electron chi connectivity index (χ4n) is 3.34. The second-order valence-electron chi connectivity index (χ2n) is 6.84. The van der Waals surface area contributed by atoms with Gasteiger partial charge in [-0.25, -0.2) is 14.6 Å². The fourth-order valence-corrected chi connectivity index (χ4v) is 3.87. The molecule has 1 aromatic carbocycles. The Labute approximate surface area is 179 Å². The minimum atomic E-state index is -0.260. The van der Waals surface area contributed by atoms with Crippen molar-refractivity contribution < 1.29 is 4.74 Å². The van der Waals surface area contributed by atoms with Crippen molar-refractivity contribution in [2.75, 3.05) is 0 Å². The lowest BCUT2D eigenvalue weighted by atomic mass is 10.1. The predicted molar refractivity (Wildman–Crippen MR) is 114 cm³/mol. The SMILES string of the molecule is CCn1nc(C)c2cc(COC(Cn3ccnc3)c3ccc(Cl)cc3Cl)cnc21. The lowest BCUT2D eigenvalue weighted by Crippen LogP contribution is -2.12. The Kier molecular flexibility index (Phi) is 5.85. The van der Waals surface area contributed by atoms with Gasteiger partial charge in [0.25, 0.3) is 0 Å². The molecule has 0 aliphatic rings. The number of nitrogens with zero attached hydrogens (tertiary/aromatic N) is 5. The number of rotatable bonds is 7. The molecule has 8 heteroatoms. The number of aromatic nitrogens is 5. The molecule has 29 heavy (non-hydrogen) atoms. The van der Waals surface area contributed by atoms with Crippen molar-refractivity contribution in [3.05, 3.63) is 76.0 Å². The van der Waals surface area contributed by atoms with Gasteiger partial charge in [0.05, 0.1) is 25.2 Å². The maximum absolute atomic E-state index is 6.45. The summed E-state index contributed by atoms with van der Waals surface area (Å²) in [5, 5.41) is 6.76. The summed E-state index contributed by atoms with van der Waals surface area (Å²) in [6.45, 7) is 5.83. The van der Waals surface area contributed by atoms with Crippen LogP contribution in [0.4, 0.5) is 0 Å². The van der Waals surface area contributed by atoms with Gasteiger partial charge in [0, 0.05) is 46.1 Å². The highest BCUT2D eigenvalue weighted by atomic mass is 35.5. The van der Waals surface area contributed by atoms with E-state index in [1.54, 1.807) is 18.6 Å². The van der Waals surface area contributed by atoms with E-state index in [0.29, 0.717) is 23.2 Å². The Bertz CT molecular complexity index is 1120.